The minimum Gasteiger partial charge on any atom is -0.496 e. The SMILES string of the molecule is CCc1ccc(OC)c(CC2CCC(=O)OC2=O)c1. The number of carbonyl (C=O) groups excluding carboxylic acids is 2. The molecule has 0 N–H and O–H groups in total. The van der Waals surface area contributed by atoms with Gasteiger partial charge in [0.15, 0.2) is 0 Å². The minimum absolute atomic E-state index is 0.251. The summed E-state index contributed by atoms with van der Waals surface area (Å²) in [7, 11) is 1.62. The lowest BCUT2D eigenvalue weighted by Gasteiger charge is -2.20. The fraction of sp³-hybridized carbons (Fsp3) is 0.467. The summed E-state index contributed by atoms with van der Waals surface area (Å²) in [4.78, 5) is 22.7. The van der Waals surface area contributed by atoms with Crippen molar-refractivity contribution < 1.29 is 19.1 Å². The van der Waals surface area contributed by atoms with E-state index in [0.717, 1.165) is 17.7 Å². The molecule has 4 nitrogen and oxygen atoms in total. The lowest BCUT2D eigenvalue weighted by Crippen LogP contribution is -2.29. The molecule has 0 amide bonds. The highest BCUT2D eigenvalue weighted by atomic mass is 16.6. The molecule has 19 heavy (non-hydrogen) atoms. The molecule has 1 aromatic rings. The van der Waals surface area contributed by atoms with Crippen LogP contribution in [0.3, 0.4) is 0 Å². The van der Waals surface area contributed by atoms with Crippen LogP contribution in [0.2, 0.25) is 0 Å². The van der Waals surface area contributed by atoms with Gasteiger partial charge in [0.05, 0.1) is 13.0 Å². The number of hydrogen-bond donors (Lipinski definition) is 0. The summed E-state index contributed by atoms with van der Waals surface area (Å²) in [6.45, 7) is 2.08. The molecule has 1 unspecified atom stereocenters. The van der Waals surface area contributed by atoms with Crippen molar-refractivity contribution in [3.8, 4) is 5.75 Å². The molecule has 1 aromatic carbocycles. The van der Waals surface area contributed by atoms with Crippen molar-refractivity contribution in [2.45, 2.75) is 32.6 Å². The van der Waals surface area contributed by atoms with Crippen LogP contribution < -0.4 is 4.74 Å². The number of benzene rings is 1. The summed E-state index contributed by atoms with van der Waals surface area (Å²) >= 11 is 0. The molecule has 1 heterocycles. The molecular weight excluding hydrogens is 244 g/mol. The van der Waals surface area contributed by atoms with E-state index in [0.29, 0.717) is 19.3 Å². The van der Waals surface area contributed by atoms with Crippen molar-refractivity contribution in [2.24, 2.45) is 5.92 Å². The number of carbonyl (C=O) groups is 2. The normalized spacial score (nSPS) is 19.2. The van der Waals surface area contributed by atoms with Gasteiger partial charge in [0, 0.05) is 6.42 Å². The Hall–Kier alpha value is -1.84. The second-order valence-corrected chi connectivity index (χ2v) is 4.73. The monoisotopic (exact) mass is 262 g/mol. The first-order valence-electron chi connectivity index (χ1n) is 6.54. The van der Waals surface area contributed by atoms with Crippen LogP contribution in [-0.2, 0) is 27.2 Å². The first-order valence-corrected chi connectivity index (χ1v) is 6.54. The molecule has 2 rings (SSSR count). The lowest BCUT2D eigenvalue weighted by atomic mass is 9.92. The van der Waals surface area contributed by atoms with Crippen LogP contribution in [0.5, 0.6) is 5.75 Å². The van der Waals surface area contributed by atoms with Crippen molar-refractivity contribution in [1.29, 1.82) is 0 Å². The third-order valence-electron chi connectivity index (χ3n) is 3.46. The summed E-state index contributed by atoms with van der Waals surface area (Å²) in [5.74, 6) is -0.309. The Balaban J connectivity index is 2.17. The van der Waals surface area contributed by atoms with Gasteiger partial charge in [0.25, 0.3) is 0 Å². The number of aryl methyl sites for hydroxylation is 1. The molecule has 0 aromatic heterocycles. The van der Waals surface area contributed by atoms with Crippen molar-refractivity contribution in [3.63, 3.8) is 0 Å². The van der Waals surface area contributed by atoms with E-state index >= 15 is 0 Å². The zero-order valence-electron chi connectivity index (χ0n) is 11.3. The van der Waals surface area contributed by atoms with Crippen LogP contribution in [0.1, 0.15) is 30.9 Å². The van der Waals surface area contributed by atoms with Gasteiger partial charge in [-0.2, -0.15) is 0 Å². The Bertz CT molecular complexity index is 493. The van der Waals surface area contributed by atoms with E-state index in [2.05, 4.69) is 17.7 Å². The molecule has 0 saturated carbocycles. The second-order valence-electron chi connectivity index (χ2n) is 4.73. The third-order valence-corrected chi connectivity index (χ3v) is 3.46. The van der Waals surface area contributed by atoms with E-state index in [1.54, 1.807) is 7.11 Å². The van der Waals surface area contributed by atoms with Crippen LogP contribution in [0.4, 0.5) is 0 Å². The number of ether oxygens (including phenoxy) is 2. The Morgan fingerprint density at radius 1 is 1.37 bits per heavy atom. The Kier molecular flexibility index (Phi) is 4.20. The number of hydrogen-bond acceptors (Lipinski definition) is 4. The molecule has 1 saturated heterocycles. The molecule has 0 radical (unpaired) electrons. The van der Waals surface area contributed by atoms with Gasteiger partial charge in [0.1, 0.15) is 5.75 Å². The van der Waals surface area contributed by atoms with Crippen LogP contribution in [0.15, 0.2) is 18.2 Å². The fourth-order valence-corrected chi connectivity index (χ4v) is 2.32. The molecule has 1 fully saturated rings. The molecule has 1 aliphatic rings. The molecule has 1 aliphatic heterocycles. The van der Waals surface area contributed by atoms with E-state index in [4.69, 9.17) is 4.74 Å². The molecular formula is C15H18O4. The maximum Gasteiger partial charge on any atom is 0.316 e. The zero-order chi connectivity index (χ0) is 13.8. The predicted octanol–water partition coefficient (Wildman–Crippen LogP) is 2.28. The number of cyclic esters (lactones) is 2. The first kappa shape index (κ1) is 13.6. The molecule has 4 heteroatoms. The Morgan fingerprint density at radius 2 is 2.16 bits per heavy atom. The Morgan fingerprint density at radius 3 is 2.79 bits per heavy atom. The molecule has 102 valence electrons. The average Bonchev–Trinajstić information content (AvgIpc) is 2.41. The highest BCUT2D eigenvalue weighted by Gasteiger charge is 2.29. The minimum atomic E-state index is -0.421. The molecule has 1 atom stereocenters. The molecule has 0 aliphatic carbocycles. The number of esters is 2. The van der Waals surface area contributed by atoms with E-state index in [1.165, 1.54) is 5.56 Å². The lowest BCUT2D eigenvalue weighted by molar-refractivity contribution is -0.167. The maximum atomic E-state index is 11.7. The Labute approximate surface area is 112 Å². The second kappa shape index (κ2) is 5.87. The van der Waals surface area contributed by atoms with Crippen LogP contribution in [0.25, 0.3) is 0 Å². The largest absolute Gasteiger partial charge is 0.496 e. The zero-order valence-corrected chi connectivity index (χ0v) is 11.3. The number of rotatable bonds is 4. The summed E-state index contributed by atoms with van der Waals surface area (Å²) < 4.78 is 10.0. The van der Waals surface area contributed by atoms with Gasteiger partial charge >= 0.3 is 11.9 Å². The van der Waals surface area contributed by atoms with Gasteiger partial charge < -0.3 is 9.47 Å². The topological polar surface area (TPSA) is 52.6 Å². The van der Waals surface area contributed by atoms with E-state index in [9.17, 15) is 9.59 Å². The van der Waals surface area contributed by atoms with E-state index in [1.807, 2.05) is 12.1 Å². The first-order chi connectivity index (χ1) is 9.13. The predicted molar refractivity (Wildman–Crippen MR) is 69.9 cm³/mol. The smallest absolute Gasteiger partial charge is 0.316 e. The van der Waals surface area contributed by atoms with E-state index in [-0.39, 0.29) is 5.92 Å². The highest BCUT2D eigenvalue weighted by molar-refractivity contribution is 5.89. The van der Waals surface area contributed by atoms with Gasteiger partial charge in [-0.05, 0) is 36.5 Å². The van der Waals surface area contributed by atoms with E-state index < -0.39 is 11.9 Å². The van der Waals surface area contributed by atoms with Crippen molar-refractivity contribution >= 4 is 11.9 Å². The summed E-state index contributed by atoms with van der Waals surface area (Å²) in [5, 5.41) is 0. The highest BCUT2D eigenvalue weighted by Crippen LogP contribution is 2.27. The molecule has 0 spiro atoms. The van der Waals surface area contributed by atoms with Crippen molar-refractivity contribution in [1.82, 2.24) is 0 Å². The average molecular weight is 262 g/mol. The third kappa shape index (κ3) is 3.13. The van der Waals surface area contributed by atoms with Gasteiger partial charge in [0.2, 0.25) is 0 Å². The van der Waals surface area contributed by atoms with Crippen LogP contribution in [-0.4, -0.2) is 19.0 Å². The van der Waals surface area contributed by atoms with Gasteiger partial charge in [-0.25, -0.2) is 0 Å². The van der Waals surface area contributed by atoms with Crippen molar-refractivity contribution in [2.75, 3.05) is 7.11 Å². The summed E-state index contributed by atoms with van der Waals surface area (Å²) in [6, 6.07) is 6.00. The summed E-state index contributed by atoms with van der Waals surface area (Å²) in [6.07, 6.45) is 2.36. The number of methoxy groups -OCH3 is 1. The van der Waals surface area contributed by atoms with Gasteiger partial charge in [-0.1, -0.05) is 19.1 Å². The van der Waals surface area contributed by atoms with Gasteiger partial charge in [-0.3, -0.25) is 9.59 Å². The van der Waals surface area contributed by atoms with Crippen molar-refractivity contribution in [3.05, 3.63) is 29.3 Å². The fourth-order valence-electron chi connectivity index (χ4n) is 2.32. The standard InChI is InChI=1S/C15H18O4/c1-3-10-4-6-13(18-2)12(8-10)9-11-5-7-14(16)19-15(11)17/h4,6,8,11H,3,5,7,9H2,1-2H3. The van der Waals surface area contributed by atoms with Gasteiger partial charge in [-0.15, -0.1) is 0 Å². The van der Waals surface area contributed by atoms with Crippen LogP contribution in [0, 0.1) is 5.92 Å². The maximum absolute atomic E-state index is 11.7. The molecule has 0 bridgehead atoms. The summed E-state index contributed by atoms with van der Waals surface area (Å²) in [5.41, 5.74) is 2.20. The van der Waals surface area contributed by atoms with Crippen LogP contribution >= 0.6 is 0 Å². The quantitative estimate of drug-likeness (QED) is 0.617.